The lowest BCUT2D eigenvalue weighted by atomic mass is 10.1. The fourth-order valence-corrected chi connectivity index (χ4v) is 2.61. The van der Waals surface area contributed by atoms with Crippen LogP contribution >= 0.6 is 0 Å². The minimum atomic E-state index is -4.91. The molecule has 0 spiro atoms. The lowest BCUT2D eigenvalue weighted by Crippen LogP contribution is -2.34. The molecule has 0 fully saturated rings. The number of hydrogen-bond acceptors (Lipinski definition) is 6. The number of benzene rings is 1. The SMILES string of the molecule is N#Cc1ccc(N(Cc2nnc(-c3ccncc3)o2)CC(F)(F)F)cc1C(F)(F)F. The summed E-state index contributed by atoms with van der Waals surface area (Å²) in [7, 11) is 0. The number of halogens is 6. The Morgan fingerprint density at radius 2 is 1.70 bits per heavy atom. The zero-order valence-electron chi connectivity index (χ0n) is 14.9. The van der Waals surface area contributed by atoms with E-state index in [1.165, 1.54) is 18.5 Å². The van der Waals surface area contributed by atoms with Crippen LogP contribution in [0.1, 0.15) is 17.0 Å². The summed E-state index contributed by atoms with van der Waals surface area (Å²) in [5.41, 5.74) is -1.96. The summed E-state index contributed by atoms with van der Waals surface area (Å²) in [5, 5.41) is 16.3. The Bertz CT molecular complexity index is 1060. The Balaban J connectivity index is 1.95. The monoisotopic (exact) mass is 427 g/mol. The van der Waals surface area contributed by atoms with E-state index in [0.717, 1.165) is 12.1 Å². The van der Waals surface area contributed by atoms with Gasteiger partial charge in [-0.05, 0) is 30.3 Å². The highest BCUT2D eigenvalue weighted by molar-refractivity contribution is 5.55. The zero-order valence-corrected chi connectivity index (χ0v) is 14.9. The van der Waals surface area contributed by atoms with Gasteiger partial charge >= 0.3 is 12.4 Å². The summed E-state index contributed by atoms with van der Waals surface area (Å²) in [6, 6.07) is 6.77. The van der Waals surface area contributed by atoms with Crippen LogP contribution in [0.3, 0.4) is 0 Å². The second kappa shape index (κ2) is 8.02. The van der Waals surface area contributed by atoms with Crippen molar-refractivity contribution < 1.29 is 30.8 Å². The Morgan fingerprint density at radius 3 is 2.30 bits per heavy atom. The van der Waals surface area contributed by atoms with Crippen LogP contribution in [0.25, 0.3) is 11.5 Å². The normalized spacial score (nSPS) is 11.9. The molecule has 0 N–H and O–H groups in total. The maximum Gasteiger partial charge on any atom is 0.417 e. The van der Waals surface area contributed by atoms with Gasteiger partial charge in [-0.1, -0.05) is 0 Å². The van der Waals surface area contributed by atoms with Gasteiger partial charge in [0.2, 0.25) is 11.8 Å². The largest absolute Gasteiger partial charge is 0.419 e. The van der Waals surface area contributed by atoms with E-state index in [4.69, 9.17) is 9.68 Å². The van der Waals surface area contributed by atoms with Crippen molar-refractivity contribution in [1.82, 2.24) is 15.2 Å². The molecule has 6 nitrogen and oxygen atoms in total. The Labute approximate surface area is 165 Å². The quantitative estimate of drug-likeness (QED) is 0.555. The number of nitriles is 1. The highest BCUT2D eigenvalue weighted by Gasteiger charge is 2.36. The molecule has 1 aromatic carbocycles. The molecule has 156 valence electrons. The molecule has 0 bridgehead atoms. The molecule has 0 atom stereocenters. The van der Waals surface area contributed by atoms with Crippen molar-refractivity contribution in [2.24, 2.45) is 0 Å². The molecule has 0 unspecified atom stereocenters. The second-order valence-corrected chi connectivity index (χ2v) is 6.05. The molecule has 2 aromatic heterocycles. The average molecular weight is 427 g/mol. The Kier molecular flexibility index (Phi) is 5.64. The van der Waals surface area contributed by atoms with Crippen LogP contribution in [0, 0.1) is 11.3 Å². The predicted octanol–water partition coefficient (Wildman–Crippen LogP) is 4.59. The van der Waals surface area contributed by atoms with Gasteiger partial charge in [-0.3, -0.25) is 4.98 Å². The first-order chi connectivity index (χ1) is 14.1. The number of rotatable bonds is 5. The molecule has 0 saturated carbocycles. The van der Waals surface area contributed by atoms with E-state index in [2.05, 4.69) is 15.2 Å². The molecule has 0 aliphatic rings. The highest BCUT2D eigenvalue weighted by atomic mass is 19.4. The first-order valence-electron chi connectivity index (χ1n) is 8.22. The summed E-state index contributed by atoms with van der Waals surface area (Å²) in [5.74, 6) is -0.209. The summed E-state index contributed by atoms with van der Waals surface area (Å²) < 4.78 is 84.1. The molecule has 3 aromatic rings. The number of anilines is 1. The minimum Gasteiger partial charge on any atom is -0.419 e. The van der Waals surface area contributed by atoms with Gasteiger partial charge in [0.05, 0.1) is 23.7 Å². The molecule has 0 aliphatic heterocycles. The average Bonchev–Trinajstić information content (AvgIpc) is 3.14. The number of aromatic nitrogens is 3. The Hall–Kier alpha value is -3.62. The summed E-state index contributed by atoms with van der Waals surface area (Å²) in [6.07, 6.45) is -6.74. The van der Waals surface area contributed by atoms with Crippen molar-refractivity contribution >= 4 is 5.69 Å². The van der Waals surface area contributed by atoms with Crippen LogP contribution in [-0.2, 0) is 12.7 Å². The maximum absolute atomic E-state index is 13.2. The minimum absolute atomic E-state index is 0.0233. The second-order valence-electron chi connectivity index (χ2n) is 6.05. The summed E-state index contributed by atoms with van der Waals surface area (Å²) in [6.45, 7) is -2.16. The molecular weight excluding hydrogens is 416 g/mol. The van der Waals surface area contributed by atoms with E-state index in [0.29, 0.717) is 16.5 Å². The van der Waals surface area contributed by atoms with Crippen molar-refractivity contribution in [2.75, 3.05) is 11.4 Å². The van der Waals surface area contributed by atoms with Gasteiger partial charge in [-0.2, -0.15) is 31.6 Å². The highest BCUT2D eigenvalue weighted by Crippen LogP contribution is 2.35. The van der Waals surface area contributed by atoms with Gasteiger partial charge in [0, 0.05) is 23.6 Å². The topological polar surface area (TPSA) is 78.8 Å². The van der Waals surface area contributed by atoms with Crippen molar-refractivity contribution in [2.45, 2.75) is 18.9 Å². The van der Waals surface area contributed by atoms with E-state index < -0.39 is 42.3 Å². The predicted molar refractivity (Wildman–Crippen MR) is 90.8 cm³/mol. The number of hydrogen-bond donors (Lipinski definition) is 0. The van der Waals surface area contributed by atoms with Crippen LogP contribution in [0.4, 0.5) is 32.0 Å². The smallest absolute Gasteiger partial charge is 0.417 e. The van der Waals surface area contributed by atoms with Crippen LogP contribution in [0.15, 0.2) is 47.1 Å². The number of alkyl halides is 6. The third kappa shape index (κ3) is 5.05. The number of nitrogens with zero attached hydrogens (tertiary/aromatic N) is 5. The fourth-order valence-electron chi connectivity index (χ4n) is 2.61. The van der Waals surface area contributed by atoms with E-state index in [1.54, 1.807) is 12.1 Å². The van der Waals surface area contributed by atoms with E-state index in [-0.39, 0.29) is 11.8 Å². The molecule has 0 amide bonds. The molecular formula is C18H11F6N5O. The standard InChI is InChI=1S/C18H11F6N5O/c19-17(20,21)10-29(13-2-1-12(8-25)14(7-13)18(22,23)24)9-15-27-28-16(30-15)11-3-5-26-6-4-11/h1-7H,9-10H2. The molecule has 3 rings (SSSR count). The van der Waals surface area contributed by atoms with Crippen molar-refractivity contribution in [3.05, 3.63) is 59.7 Å². The third-order valence-corrected chi connectivity index (χ3v) is 3.88. The lowest BCUT2D eigenvalue weighted by Gasteiger charge is -2.25. The van der Waals surface area contributed by atoms with Gasteiger partial charge in [0.25, 0.3) is 0 Å². The molecule has 30 heavy (non-hydrogen) atoms. The zero-order chi connectivity index (χ0) is 21.9. The van der Waals surface area contributed by atoms with Crippen molar-refractivity contribution in [3.63, 3.8) is 0 Å². The van der Waals surface area contributed by atoms with Crippen molar-refractivity contribution in [1.29, 1.82) is 5.26 Å². The first kappa shape index (κ1) is 21.1. The maximum atomic E-state index is 13.2. The Morgan fingerprint density at radius 1 is 1.00 bits per heavy atom. The van der Waals surface area contributed by atoms with Crippen molar-refractivity contribution in [3.8, 4) is 17.5 Å². The fraction of sp³-hybridized carbons (Fsp3) is 0.222. The lowest BCUT2D eigenvalue weighted by molar-refractivity contribution is -0.137. The van der Waals surface area contributed by atoms with Crippen LogP contribution in [0.5, 0.6) is 0 Å². The molecule has 2 heterocycles. The van der Waals surface area contributed by atoms with E-state index >= 15 is 0 Å². The molecule has 0 saturated heterocycles. The van der Waals surface area contributed by atoms with E-state index in [9.17, 15) is 26.3 Å². The van der Waals surface area contributed by atoms with Gasteiger partial charge < -0.3 is 9.32 Å². The number of pyridine rings is 1. The molecule has 0 aliphatic carbocycles. The molecule has 0 radical (unpaired) electrons. The van der Waals surface area contributed by atoms with Crippen LogP contribution in [0.2, 0.25) is 0 Å². The van der Waals surface area contributed by atoms with Gasteiger partial charge in [0.1, 0.15) is 6.54 Å². The van der Waals surface area contributed by atoms with Gasteiger partial charge in [-0.15, -0.1) is 10.2 Å². The van der Waals surface area contributed by atoms with Gasteiger partial charge in [-0.25, -0.2) is 0 Å². The molecule has 12 heteroatoms. The third-order valence-electron chi connectivity index (χ3n) is 3.88. The van der Waals surface area contributed by atoms with Crippen LogP contribution < -0.4 is 4.90 Å². The summed E-state index contributed by atoms with van der Waals surface area (Å²) in [4.78, 5) is 4.42. The summed E-state index contributed by atoms with van der Waals surface area (Å²) >= 11 is 0. The van der Waals surface area contributed by atoms with E-state index in [1.807, 2.05) is 0 Å². The van der Waals surface area contributed by atoms with Crippen LogP contribution in [-0.4, -0.2) is 27.9 Å². The van der Waals surface area contributed by atoms with Gasteiger partial charge in [0.15, 0.2) is 0 Å². The first-order valence-corrected chi connectivity index (χ1v) is 8.22.